The first-order valence-electron chi connectivity index (χ1n) is 9.48. The van der Waals surface area contributed by atoms with Gasteiger partial charge in [-0.3, -0.25) is 4.99 Å². The van der Waals surface area contributed by atoms with Crippen LogP contribution in [-0.2, 0) is 13.0 Å². The minimum absolute atomic E-state index is 0. The van der Waals surface area contributed by atoms with Gasteiger partial charge in [0, 0.05) is 19.8 Å². The quantitative estimate of drug-likeness (QED) is 0.270. The first kappa shape index (κ1) is 23.5. The number of nitrogens with zero attached hydrogens (tertiary/aromatic N) is 3. The van der Waals surface area contributed by atoms with Crippen LogP contribution in [0, 0.1) is 0 Å². The number of nitrogens with one attached hydrogen (secondary N) is 2. The van der Waals surface area contributed by atoms with Gasteiger partial charge in [-0.2, -0.15) is 5.10 Å². The van der Waals surface area contributed by atoms with E-state index in [0.29, 0.717) is 6.54 Å². The third kappa shape index (κ3) is 6.65. The van der Waals surface area contributed by atoms with Gasteiger partial charge in [0.2, 0.25) is 0 Å². The summed E-state index contributed by atoms with van der Waals surface area (Å²) in [6.07, 6.45) is 2.84. The van der Waals surface area contributed by atoms with Gasteiger partial charge in [-0.05, 0) is 54.4 Å². The number of halogens is 1. The smallest absolute Gasteiger partial charge is 0.191 e. The van der Waals surface area contributed by atoms with Crippen molar-refractivity contribution in [3.63, 3.8) is 0 Å². The van der Waals surface area contributed by atoms with Gasteiger partial charge in [0.1, 0.15) is 11.5 Å². The molecule has 0 radical (unpaired) electrons. The second-order valence-electron chi connectivity index (χ2n) is 6.40. The number of methoxy groups -OCH3 is 2. The van der Waals surface area contributed by atoms with E-state index in [4.69, 9.17) is 9.47 Å². The van der Waals surface area contributed by atoms with Crippen molar-refractivity contribution in [3.05, 3.63) is 72.1 Å². The fourth-order valence-corrected chi connectivity index (χ4v) is 2.85. The number of hydrogen-bond acceptors (Lipinski definition) is 4. The van der Waals surface area contributed by atoms with E-state index in [1.807, 2.05) is 53.3 Å². The zero-order chi connectivity index (χ0) is 20.5. The molecule has 0 saturated carbocycles. The van der Waals surface area contributed by atoms with Gasteiger partial charge in [-0.25, -0.2) is 4.68 Å². The molecule has 2 N–H and O–H groups in total. The highest BCUT2D eigenvalue weighted by atomic mass is 127. The molecule has 0 saturated heterocycles. The summed E-state index contributed by atoms with van der Waals surface area (Å²) in [6, 6.07) is 17.9. The van der Waals surface area contributed by atoms with Crippen LogP contribution in [0.5, 0.6) is 11.5 Å². The van der Waals surface area contributed by atoms with E-state index in [-0.39, 0.29) is 24.0 Å². The predicted molar refractivity (Wildman–Crippen MR) is 130 cm³/mol. The Morgan fingerprint density at radius 3 is 2.17 bits per heavy atom. The van der Waals surface area contributed by atoms with Crippen LogP contribution in [-0.4, -0.2) is 43.6 Å². The summed E-state index contributed by atoms with van der Waals surface area (Å²) in [5, 5.41) is 11.2. The van der Waals surface area contributed by atoms with Gasteiger partial charge in [0.15, 0.2) is 5.96 Å². The zero-order valence-corrected chi connectivity index (χ0v) is 19.8. The number of aromatic nitrogens is 2. The van der Waals surface area contributed by atoms with Gasteiger partial charge in [0.05, 0.1) is 32.1 Å². The normalized spacial score (nSPS) is 10.8. The fourth-order valence-electron chi connectivity index (χ4n) is 2.85. The van der Waals surface area contributed by atoms with Crippen LogP contribution >= 0.6 is 24.0 Å². The molecule has 0 atom stereocenters. The van der Waals surface area contributed by atoms with Crippen molar-refractivity contribution in [2.75, 3.05) is 27.8 Å². The van der Waals surface area contributed by atoms with E-state index in [9.17, 15) is 0 Å². The summed E-state index contributed by atoms with van der Waals surface area (Å²) in [4.78, 5) is 4.27. The maximum Gasteiger partial charge on any atom is 0.191 e. The highest BCUT2D eigenvalue weighted by Gasteiger charge is 2.04. The lowest BCUT2D eigenvalue weighted by molar-refractivity contribution is 0.414. The van der Waals surface area contributed by atoms with E-state index in [1.165, 1.54) is 5.56 Å². The van der Waals surface area contributed by atoms with Crippen LogP contribution in [0.3, 0.4) is 0 Å². The second-order valence-corrected chi connectivity index (χ2v) is 6.40. The molecule has 7 nitrogen and oxygen atoms in total. The Bertz CT molecular complexity index is 923. The van der Waals surface area contributed by atoms with E-state index >= 15 is 0 Å². The van der Waals surface area contributed by atoms with Crippen LogP contribution in [0.4, 0.5) is 0 Å². The number of guanidine groups is 1. The summed E-state index contributed by atoms with van der Waals surface area (Å²) < 4.78 is 12.2. The van der Waals surface area contributed by atoms with Crippen molar-refractivity contribution in [1.29, 1.82) is 0 Å². The number of ether oxygens (including phenoxy) is 2. The first-order chi connectivity index (χ1) is 14.2. The largest absolute Gasteiger partial charge is 0.497 e. The first-order valence-corrected chi connectivity index (χ1v) is 9.48. The third-order valence-electron chi connectivity index (χ3n) is 4.51. The average Bonchev–Trinajstić information content (AvgIpc) is 3.25. The standard InChI is InChI=1S/C22H27N5O2.HI/c1-23-22(24-14-12-17-4-8-20(28-2)9-5-17)25-16-18-13-15-27(26-18)19-6-10-21(29-3)11-7-19;/h4-11,13,15H,12,14,16H2,1-3H3,(H2,23,24,25);1H. The minimum atomic E-state index is 0. The van der Waals surface area contributed by atoms with Crippen molar-refractivity contribution in [2.45, 2.75) is 13.0 Å². The van der Waals surface area contributed by atoms with Crippen LogP contribution in [0.1, 0.15) is 11.3 Å². The molecule has 0 spiro atoms. The Morgan fingerprint density at radius 1 is 0.933 bits per heavy atom. The molecule has 1 heterocycles. The predicted octanol–water partition coefficient (Wildman–Crippen LogP) is 3.42. The van der Waals surface area contributed by atoms with E-state index in [0.717, 1.165) is 41.8 Å². The van der Waals surface area contributed by atoms with Gasteiger partial charge in [-0.15, -0.1) is 24.0 Å². The monoisotopic (exact) mass is 521 g/mol. The molecule has 1 aromatic heterocycles. The Kier molecular flexibility index (Phi) is 9.46. The third-order valence-corrected chi connectivity index (χ3v) is 4.51. The van der Waals surface area contributed by atoms with Crippen LogP contribution in [0.25, 0.3) is 5.69 Å². The maximum atomic E-state index is 5.19. The van der Waals surface area contributed by atoms with Gasteiger partial charge in [0.25, 0.3) is 0 Å². The van der Waals surface area contributed by atoms with E-state index in [1.54, 1.807) is 21.3 Å². The fraction of sp³-hybridized carbons (Fsp3) is 0.273. The summed E-state index contributed by atoms with van der Waals surface area (Å²) in [5.41, 5.74) is 3.16. The van der Waals surface area contributed by atoms with Crippen molar-refractivity contribution in [1.82, 2.24) is 20.4 Å². The zero-order valence-electron chi connectivity index (χ0n) is 17.5. The van der Waals surface area contributed by atoms with Gasteiger partial charge in [-0.1, -0.05) is 12.1 Å². The SMILES string of the molecule is CN=C(NCCc1ccc(OC)cc1)NCc1ccn(-c2ccc(OC)cc2)n1.I. The Morgan fingerprint density at radius 2 is 1.57 bits per heavy atom. The Hall–Kier alpha value is -2.75. The van der Waals surface area contributed by atoms with Crippen molar-refractivity contribution in [2.24, 2.45) is 4.99 Å². The lowest BCUT2D eigenvalue weighted by Gasteiger charge is -2.11. The van der Waals surface area contributed by atoms with Crippen molar-refractivity contribution < 1.29 is 9.47 Å². The molecule has 0 aliphatic carbocycles. The van der Waals surface area contributed by atoms with E-state index in [2.05, 4.69) is 32.9 Å². The van der Waals surface area contributed by atoms with Crippen molar-refractivity contribution >= 4 is 29.9 Å². The number of rotatable bonds is 8. The Balaban J connectivity index is 0.00000320. The molecule has 2 aromatic carbocycles. The molecule has 8 heteroatoms. The molecule has 0 fully saturated rings. The molecule has 160 valence electrons. The lowest BCUT2D eigenvalue weighted by Crippen LogP contribution is -2.37. The second kappa shape index (κ2) is 12.1. The molecule has 3 rings (SSSR count). The van der Waals surface area contributed by atoms with Crippen molar-refractivity contribution in [3.8, 4) is 17.2 Å². The lowest BCUT2D eigenvalue weighted by atomic mass is 10.1. The van der Waals surface area contributed by atoms with E-state index < -0.39 is 0 Å². The molecule has 0 unspecified atom stereocenters. The Labute approximate surface area is 194 Å². The molecule has 0 amide bonds. The molecule has 0 bridgehead atoms. The average molecular weight is 521 g/mol. The summed E-state index contributed by atoms with van der Waals surface area (Å²) in [5.74, 6) is 2.44. The van der Waals surface area contributed by atoms with Gasteiger partial charge >= 0.3 is 0 Å². The topological polar surface area (TPSA) is 72.7 Å². The molecule has 0 aliphatic heterocycles. The molecule has 0 aliphatic rings. The highest BCUT2D eigenvalue weighted by molar-refractivity contribution is 14.0. The maximum absolute atomic E-state index is 5.19. The minimum Gasteiger partial charge on any atom is -0.497 e. The highest BCUT2D eigenvalue weighted by Crippen LogP contribution is 2.14. The molecule has 30 heavy (non-hydrogen) atoms. The van der Waals surface area contributed by atoms with Crippen LogP contribution in [0.2, 0.25) is 0 Å². The number of hydrogen-bond donors (Lipinski definition) is 2. The number of aliphatic imine (C=N–C) groups is 1. The summed E-state index contributed by atoms with van der Waals surface area (Å²) >= 11 is 0. The number of benzene rings is 2. The molecular weight excluding hydrogens is 493 g/mol. The molecular formula is C22H28IN5O2. The van der Waals surface area contributed by atoms with Crippen LogP contribution < -0.4 is 20.1 Å². The van der Waals surface area contributed by atoms with Crippen LogP contribution in [0.15, 0.2) is 65.8 Å². The summed E-state index contributed by atoms with van der Waals surface area (Å²) in [7, 11) is 5.09. The summed E-state index contributed by atoms with van der Waals surface area (Å²) in [6.45, 7) is 1.37. The molecule has 3 aromatic rings. The van der Waals surface area contributed by atoms with Gasteiger partial charge < -0.3 is 20.1 Å².